The monoisotopic (exact) mass is 274 g/mol. The summed E-state index contributed by atoms with van der Waals surface area (Å²) in [5.41, 5.74) is 1.20. The summed E-state index contributed by atoms with van der Waals surface area (Å²) in [4.78, 5) is 11.3. The minimum Gasteiger partial charge on any atom is -0.465 e. The van der Waals surface area contributed by atoms with Gasteiger partial charge < -0.3 is 4.74 Å². The van der Waals surface area contributed by atoms with Gasteiger partial charge in [-0.3, -0.25) is 4.79 Å². The first-order valence-electron chi connectivity index (χ1n) is 5.68. The number of carbonyl (C=O) groups excluding carboxylic acids is 1. The van der Waals surface area contributed by atoms with Crippen LogP contribution in [0, 0.1) is 0 Å². The van der Waals surface area contributed by atoms with Gasteiger partial charge in [-0.2, -0.15) is 0 Å². The van der Waals surface area contributed by atoms with Crippen molar-refractivity contribution in [1.82, 2.24) is 0 Å². The summed E-state index contributed by atoms with van der Waals surface area (Å²) < 4.78 is 4.83. The van der Waals surface area contributed by atoms with Gasteiger partial charge in [0, 0.05) is 5.02 Å². The first-order chi connectivity index (χ1) is 8.13. The van der Waals surface area contributed by atoms with E-state index in [0.29, 0.717) is 13.0 Å². The smallest absolute Gasteiger partial charge is 0.324 e. The highest BCUT2D eigenvalue weighted by molar-refractivity contribution is 6.30. The van der Waals surface area contributed by atoms with Crippen molar-refractivity contribution < 1.29 is 9.53 Å². The predicted octanol–water partition coefficient (Wildman–Crippen LogP) is 3.83. The second kappa shape index (κ2) is 7.57. The Hall–Kier alpha value is -0.730. The van der Waals surface area contributed by atoms with Crippen molar-refractivity contribution in [3.63, 3.8) is 0 Å². The Kier molecular flexibility index (Phi) is 6.38. The number of hydrogen-bond acceptors (Lipinski definition) is 2. The van der Waals surface area contributed by atoms with Gasteiger partial charge in [0.1, 0.15) is 5.38 Å². The number of carbonyl (C=O) groups is 1. The summed E-state index contributed by atoms with van der Waals surface area (Å²) in [6, 6.07) is 7.69. The van der Waals surface area contributed by atoms with Crippen LogP contribution < -0.4 is 0 Å². The van der Waals surface area contributed by atoms with Crippen LogP contribution in [0.3, 0.4) is 0 Å². The van der Waals surface area contributed by atoms with Crippen molar-refractivity contribution in [2.45, 2.75) is 31.6 Å². The summed E-state index contributed by atoms with van der Waals surface area (Å²) in [7, 11) is 0. The van der Waals surface area contributed by atoms with E-state index in [-0.39, 0.29) is 5.97 Å². The number of hydrogen-bond donors (Lipinski definition) is 0. The summed E-state index contributed by atoms with van der Waals surface area (Å²) in [5, 5.41) is 0.192. The Morgan fingerprint density at radius 3 is 2.59 bits per heavy atom. The quantitative estimate of drug-likeness (QED) is 0.582. The minimum atomic E-state index is -0.540. The van der Waals surface area contributed by atoms with Crippen LogP contribution in [0.1, 0.15) is 25.3 Å². The molecular weight excluding hydrogens is 259 g/mol. The molecule has 1 aromatic carbocycles. The summed E-state index contributed by atoms with van der Waals surface area (Å²) in [5.74, 6) is -0.328. The fraction of sp³-hybridized carbons (Fsp3) is 0.462. The van der Waals surface area contributed by atoms with E-state index in [2.05, 4.69) is 0 Å². The lowest BCUT2D eigenvalue weighted by Gasteiger charge is -2.08. The van der Waals surface area contributed by atoms with E-state index >= 15 is 0 Å². The molecule has 0 heterocycles. The average molecular weight is 275 g/mol. The number of esters is 1. The van der Waals surface area contributed by atoms with Crippen molar-refractivity contribution in [3.05, 3.63) is 34.9 Å². The highest BCUT2D eigenvalue weighted by Gasteiger charge is 2.15. The molecule has 0 aliphatic rings. The van der Waals surface area contributed by atoms with Gasteiger partial charge in [-0.25, -0.2) is 0 Å². The SMILES string of the molecule is CCOC(=O)[C@@H](Cl)CCCc1ccc(Cl)cc1. The molecule has 0 unspecified atom stereocenters. The van der Waals surface area contributed by atoms with Gasteiger partial charge in [0.15, 0.2) is 0 Å². The standard InChI is InChI=1S/C13H16Cl2O2/c1-2-17-13(16)12(15)5-3-4-10-6-8-11(14)9-7-10/h6-9,12H,2-5H2,1H3/t12-/m0/s1. The fourth-order valence-corrected chi connectivity index (χ4v) is 1.83. The van der Waals surface area contributed by atoms with Crippen molar-refractivity contribution in [2.24, 2.45) is 0 Å². The number of aryl methyl sites for hydroxylation is 1. The molecule has 4 heteroatoms. The third kappa shape index (κ3) is 5.42. The van der Waals surface area contributed by atoms with Gasteiger partial charge >= 0.3 is 5.97 Å². The van der Waals surface area contributed by atoms with Crippen LogP contribution in [0.25, 0.3) is 0 Å². The number of rotatable bonds is 6. The molecule has 0 amide bonds. The highest BCUT2D eigenvalue weighted by Crippen LogP contribution is 2.14. The molecule has 0 saturated heterocycles. The van der Waals surface area contributed by atoms with Gasteiger partial charge in [0.05, 0.1) is 6.61 Å². The molecule has 0 fully saturated rings. The molecule has 1 aromatic rings. The zero-order valence-corrected chi connectivity index (χ0v) is 11.3. The van der Waals surface area contributed by atoms with E-state index in [1.54, 1.807) is 6.92 Å². The Labute approximate surface area is 112 Å². The Balaban J connectivity index is 2.27. The maximum Gasteiger partial charge on any atom is 0.324 e. The van der Waals surface area contributed by atoms with Crippen LogP contribution in [-0.4, -0.2) is 18.0 Å². The summed E-state index contributed by atoms with van der Waals surface area (Å²) >= 11 is 11.7. The van der Waals surface area contributed by atoms with Crippen LogP contribution in [0.5, 0.6) is 0 Å². The molecule has 0 radical (unpaired) electrons. The molecule has 17 heavy (non-hydrogen) atoms. The van der Waals surface area contributed by atoms with E-state index < -0.39 is 5.38 Å². The number of benzene rings is 1. The van der Waals surface area contributed by atoms with E-state index in [1.807, 2.05) is 24.3 Å². The number of halogens is 2. The van der Waals surface area contributed by atoms with Crippen LogP contribution in [0.15, 0.2) is 24.3 Å². The van der Waals surface area contributed by atoms with Crippen molar-refractivity contribution in [2.75, 3.05) is 6.61 Å². The lowest BCUT2D eigenvalue weighted by Crippen LogP contribution is -2.17. The predicted molar refractivity (Wildman–Crippen MR) is 70.7 cm³/mol. The molecule has 0 aliphatic heterocycles. The normalized spacial score (nSPS) is 12.2. The van der Waals surface area contributed by atoms with Crippen LogP contribution in [-0.2, 0) is 16.0 Å². The van der Waals surface area contributed by atoms with Crippen LogP contribution in [0.4, 0.5) is 0 Å². The van der Waals surface area contributed by atoms with Gasteiger partial charge in [0.25, 0.3) is 0 Å². The maximum absolute atomic E-state index is 11.3. The van der Waals surface area contributed by atoms with Crippen molar-refractivity contribution >= 4 is 29.2 Å². The van der Waals surface area contributed by atoms with E-state index in [0.717, 1.165) is 17.9 Å². The second-order valence-electron chi connectivity index (χ2n) is 3.74. The lowest BCUT2D eigenvalue weighted by molar-refractivity contribution is -0.142. The Bertz CT molecular complexity index is 349. The van der Waals surface area contributed by atoms with Crippen molar-refractivity contribution in [1.29, 1.82) is 0 Å². The fourth-order valence-electron chi connectivity index (χ4n) is 1.49. The van der Waals surface area contributed by atoms with Gasteiger partial charge in [0.2, 0.25) is 0 Å². The Morgan fingerprint density at radius 1 is 1.35 bits per heavy atom. The molecule has 94 valence electrons. The lowest BCUT2D eigenvalue weighted by atomic mass is 10.1. The summed E-state index contributed by atoms with van der Waals surface area (Å²) in [6.07, 6.45) is 2.37. The maximum atomic E-state index is 11.3. The van der Waals surface area contributed by atoms with E-state index in [1.165, 1.54) is 5.56 Å². The zero-order valence-electron chi connectivity index (χ0n) is 9.79. The molecule has 0 bridgehead atoms. The van der Waals surface area contributed by atoms with E-state index in [4.69, 9.17) is 27.9 Å². The Morgan fingerprint density at radius 2 is 2.00 bits per heavy atom. The van der Waals surface area contributed by atoms with Gasteiger partial charge in [-0.05, 0) is 43.9 Å². The zero-order chi connectivity index (χ0) is 12.7. The van der Waals surface area contributed by atoms with Crippen molar-refractivity contribution in [3.8, 4) is 0 Å². The molecule has 0 aliphatic carbocycles. The molecule has 0 N–H and O–H groups in total. The third-order valence-corrected chi connectivity index (χ3v) is 3.03. The molecular formula is C13H16Cl2O2. The minimum absolute atomic E-state index is 0.328. The van der Waals surface area contributed by atoms with E-state index in [9.17, 15) is 4.79 Å². The largest absolute Gasteiger partial charge is 0.465 e. The van der Waals surface area contributed by atoms with Gasteiger partial charge in [-0.15, -0.1) is 11.6 Å². The topological polar surface area (TPSA) is 26.3 Å². The molecule has 0 saturated carbocycles. The molecule has 0 spiro atoms. The van der Waals surface area contributed by atoms with Crippen LogP contribution >= 0.6 is 23.2 Å². The highest BCUT2D eigenvalue weighted by atomic mass is 35.5. The second-order valence-corrected chi connectivity index (χ2v) is 4.70. The molecule has 2 nitrogen and oxygen atoms in total. The first kappa shape index (κ1) is 14.3. The first-order valence-corrected chi connectivity index (χ1v) is 6.50. The molecule has 1 rings (SSSR count). The summed E-state index contributed by atoms with van der Waals surface area (Å²) in [6.45, 7) is 2.15. The third-order valence-electron chi connectivity index (χ3n) is 2.38. The number of ether oxygens (including phenoxy) is 1. The average Bonchev–Trinajstić information content (AvgIpc) is 2.32. The number of alkyl halides is 1. The van der Waals surface area contributed by atoms with Crippen LogP contribution in [0.2, 0.25) is 5.02 Å². The van der Waals surface area contributed by atoms with Gasteiger partial charge in [-0.1, -0.05) is 23.7 Å². The molecule has 1 atom stereocenters. The molecule has 0 aromatic heterocycles.